The van der Waals surface area contributed by atoms with Crippen LogP contribution >= 0.6 is 0 Å². The third kappa shape index (κ3) is 4.93. The van der Waals surface area contributed by atoms with Crippen molar-refractivity contribution in [3.05, 3.63) is 12.7 Å². The van der Waals surface area contributed by atoms with Crippen LogP contribution in [0.2, 0.25) is 0 Å². The maximum absolute atomic E-state index is 11.3. The fourth-order valence-electron chi connectivity index (χ4n) is 1.24. The molecule has 0 bridgehead atoms. The zero-order valence-corrected chi connectivity index (χ0v) is 9.37. The SMILES string of the molecule is C=CCC(N)C(=O)NCCC(=O)NC1CC1. The van der Waals surface area contributed by atoms with E-state index in [1.54, 1.807) is 6.08 Å². The zero-order chi connectivity index (χ0) is 12.0. The van der Waals surface area contributed by atoms with Gasteiger partial charge in [0.25, 0.3) is 0 Å². The second-order valence-electron chi connectivity index (χ2n) is 4.01. The maximum atomic E-state index is 11.3. The molecular weight excluding hydrogens is 206 g/mol. The van der Waals surface area contributed by atoms with Crippen molar-refractivity contribution < 1.29 is 9.59 Å². The summed E-state index contributed by atoms with van der Waals surface area (Å²) < 4.78 is 0. The molecule has 1 saturated carbocycles. The molecule has 0 aliphatic heterocycles. The predicted octanol–water partition coefficient (Wildman–Crippen LogP) is -0.325. The Hall–Kier alpha value is -1.36. The first-order valence-corrected chi connectivity index (χ1v) is 5.57. The van der Waals surface area contributed by atoms with Gasteiger partial charge >= 0.3 is 0 Å². The third-order valence-electron chi connectivity index (χ3n) is 2.35. The molecular formula is C11H19N3O2. The molecule has 1 atom stereocenters. The van der Waals surface area contributed by atoms with Crippen molar-refractivity contribution in [3.8, 4) is 0 Å². The normalized spacial score (nSPS) is 16.3. The van der Waals surface area contributed by atoms with Gasteiger partial charge in [-0.25, -0.2) is 0 Å². The second-order valence-corrected chi connectivity index (χ2v) is 4.01. The van der Waals surface area contributed by atoms with E-state index in [2.05, 4.69) is 17.2 Å². The lowest BCUT2D eigenvalue weighted by Crippen LogP contribution is -2.41. The summed E-state index contributed by atoms with van der Waals surface area (Å²) in [6.07, 6.45) is 4.50. The molecule has 5 nitrogen and oxygen atoms in total. The minimum absolute atomic E-state index is 0.0138. The molecule has 2 amide bonds. The van der Waals surface area contributed by atoms with E-state index < -0.39 is 6.04 Å². The molecule has 0 saturated heterocycles. The van der Waals surface area contributed by atoms with Gasteiger partial charge in [-0.15, -0.1) is 6.58 Å². The highest BCUT2D eigenvalue weighted by molar-refractivity contribution is 5.82. The highest BCUT2D eigenvalue weighted by Crippen LogP contribution is 2.18. The molecule has 16 heavy (non-hydrogen) atoms. The quantitative estimate of drug-likeness (QED) is 0.519. The van der Waals surface area contributed by atoms with E-state index in [0.29, 0.717) is 25.4 Å². The highest BCUT2D eigenvalue weighted by Gasteiger charge is 2.22. The van der Waals surface area contributed by atoms with Gasteiger partial charge in [-0.1, -0.05) is 6.08 Å². The number of hydrogen-bond donors (Lipinski definition) is 3. The third-order valence-corrected chi connectivity index (χ3v) is 2.35. The van der Waals surface area contributed by atoms with Crippen LogP contribution in [0.25, 0.3) is 0 Å². The minimum atomic E-state index is -0.566. The van der Waals surface area contributed by atoms with Crippen LogP contribution < -0.4 is 16.4 Å². The molecule has 1 fully saturated rings. The van der Waals surface area contributed by atoms with E-state index in [1.807, 2.05) is 0 Å². The highest BCUT2D eigenvalue weighted by atomic mass is 16.2. The number of hydrogen-bond acceptors (Lipinski definition) is 3. The topological polar surface area (TPSA) is 84.2 Å². The Labute approximate surface area is 95.5 Å². The van der Waals surface area contributed by atoms with Gasteiger partial charge in [-0.2, -0.15) is 0 Å². The fourth-order valence-corrected chi connectivity index (χ4v) is 1.24. The summed E-state index contributed by atoms with van der Waals surface area (Å²) in [4.78, 5) is 22.6. The molecule has 1 aliphatic rings. The molecule has 1 rings (SSSR count). The molecule has 90 valence electrons. The minimum Gasteiger partial charge on any atom is -0.354 e. The lowest BCUT2D eigenvalue weighted by molar-refractivity contribution is -0.123. The molecule has 1 aliphatic carbocycles. The standard InChI is InChI=1S/C11H19N3O2/c1-2-3-9(12)11(16)13-7-6-10(15)14-8-4-5-8/h2,8-9H,1,3-7,12H2,(H,13,16)(H,14,15). The summed E-state index contributed by atoms with van der Waals surface area (Å²) in [7, 11) is 0. The lowest BCUT2D eigenvalue weighted by Gasteiger charge is -2.10. The summed E-state index contributed by atoms with van der Waals surface area (Å²) in [5.41, 5.74) is 5.55. The summed E-state index contributed by atoms with van der Waals surface area (Å²) in [6, 6.07) is -0.199. The Morgan fingerprint density at radius 2 is 2.19 bits per heavy atom. The Morgan fingerprint density at radius 1 is 1.50 bits per heavy atom. The van der Waals surface area contributed by atoms with Crippen molar-refractivity contribution in [1.29, 1.82) is 0 Å². The maximum Gasteiger partial charge on any atom is 0.237 e. The molecule has 0 spiro atoms. The van der Waals surface area contributed by atoms with Crippen LogP contribution in [0, 0.1) is 0 Å². The largest absolute Gasteiger partial charge is 0.354 e. The summed E-state index contributed by atoms with van der Waals surface area (Å²) >= 11 is 0. The lowest BCUT2D eigenvalue weighted by atomic mass is 10.2. The number of amides is 2. The fraction of sp³-hybridized carbons (Fsp3) is 0.636. The Bertz CT molecular complexity index is 274. The van der Waals surface area contributed by atoms with Gasteiger partial charge in [0.1, 0.15) is 0 Å². The van der Waals surface area contributed by atoms with Gasteiger partial charge < -0.3 is 16.4 Å². The first-order chi connectivity index (χ1) is 7.63. The zero-order valence-electron chi connectivity index (χ0n) is 9.37. The average Bonchev–Trinajstić information content (AvgIpc) is 3.01. The number of nitrogens with two attached hydrogens (primary N) is 1. The van der Waals surface area contributed by atoms with Gasteiger partial charge in [0.2, 0.25) is 11.8 Å². The molecule has 5 heteroatoms. The van der Waals surface area contributed by atoms with E-state index in [9.17, 15) is 9.59 Å². The van der Waals surface area contributed by atoms with Crippen LogP contribution in [0.4, 0.5) is 0 Å². The number of carbonyl (C=O) groups excluding carboxylic acids is 2. The molecule has 0 aromatic heterocycles. The smallest absolute Gasteiger partial charge is 0.237 e. The van der Waals surface area contributed by atoms with Crippen LogP contribution in [0.5, 0.6) is 0 Å². The first-order valence-electron chi connectivity index (χ1n) is 5.57. The van der Waals surface area contributed by atoms with Gasteiger partial charge in [-0.3, -0.25) is 9.59 Å². The molecule has 4 N–H and O–H groups in total. The van der Waals surface area contributed by atoms with Gasteiger partial charge in [0.05, 0.1) is 6.04 Å². The van der Waals surface area contributed by atoms with E-state index >= 15 is 0 Å². The van der Waals surface area contributed by atoms with Crippen molar-refractivity contribution in [2.75, 3.05) is 6.54 Å². The Balaban J connectivity index is 2.06. The first kappa shape index (κ1) is 12.7. The van der Waals surface area contributed by atoms with Crippen LogP contribution in [-0.4, -0.2) is 30.4 Å². The second kappa shape index (κ2) is 6.27. The molecule has 0 aromatic rings. The van der Waals surface area contributed by atoms with E-state index in [1.165, 1.54) is 0 Å². The number of carbonyl (C=O) groups is 2. The Kier molecular flexibility index (Phi) is 4.98. The molecule has 0 heterocycles. The van der Waals surface area contributed by atoms with Crippen LogP contribution in [-0.2, 0) is 9.59 Å². The van der Waals surface area contributed by atoms with Gasteiger partial charge in [-0.05, 0) is 19.3 Å². The van der Waals surface area contributed by atoms with Crippen molar-refractivity contribution in [3.63, 3.8) is 0 Å². The summed E-state index contributed by atoms with van der Waals surface area (Å²) in [6.45, 7) is 3.84. The van der Waals surface area contributed by atoms with Crippen molar-refractivity contribution in [2.24, 2.45) is 5.73 Å². The Morgan fingerprint density at radius 3 is 2.75 bits per heavy atom. The average molecular weight is 225 g/mol. The summed E-state index contributed by atoms with van der Waals surface area (Å²) in [5.74, 6) is -0.251. The van der Waals surface area contributed by atoms with E-state index in [0.717, 1.165) is 12.8 Å². The monoisotopic (exact) mass is 225 g/mol. The van der Waals surface area contributed by atoms with Crippen molar-refractivity contribution in [1.82, 2.24) is 10.6 Å². The number of rotatable bonds is 7. The molecule has 1 unspecified atom stereocenters. The van der Waals surface area contributed by atoms with Crippen LogP contribution in [0.1, 0.15) is 25.7 Å². The molecule has 0 radical (unpaired) electrons. The van der Waals surface area contributed by atoms with E-state index in [4.69, 9.17) is 5.73 Å². The van der Waals surface area contributed by atoms with Gasteiger partial charge in [0, 0.05) is 19.0 Å². The van der Waals surface area contributed by atoms with Gasteiger partial charge in [0.15, 0.2) is 0 Å². The number of nitrogens with one attached hydrogen (secondary N) is 2. The molecule has 0 aromatic carbocycles. The summed E-state index contributed by atoms with van der Waals surface area (Å²) in [5, 5.41) is 5.46. The predicted molar refractivity (Wildman–Crippen MR) is 61.6 cm³/mol. The van der Waals surface area contributed by atoms with Crippen LogP contribution in [0.15, 0.2) is 12.7 Å². The van der Waals surface area contributed by atoms with Crippen LogP contribution in [0.3, 0.4) is 0 Å². The van der Waals surface area contributed by atoms with Crippen molar-refractivity contribution in [2.45, 2.75) is 37.8 Å². The van der Waals surface area contributed by atoms with E-state index in [-0.39, 0.29) is 11.8 Å². The van der Waals surface area contributed by atoms with Crippen molar-refractivity contribution >= 4 is 11.8 Å².